The van der Waals surface area contributed by atoms with Crippen LogP contribution in [-0.4, -0.2) is 91.1 Å². The van der Waals surface area contributed by atoms with E-state index in [0.717, 1.165) is 18.2 Å². The number of sulfonamides is 1. The zero-order valence-electron chi connectivity index (χ0n) is 24.2. The molecule has 43 heavy (non-hydrogen) atoms. The van der Waals surface area contributed by atoms with Gasteiger partial charge in [0.2, 0.25) is 21.8 Å². The third-order valence-corrected chi connectivity index (χ3v) is 9.36. The van der Waals surface area contributed by atoms with Crippen LogP contribution in [-0.2, 0) is 24.2 Å². The van der Waals surface area contributed by atoms with E-state index in [-0.39, 0.29) is 43.0 Å². The first-order valence-electron chi connectivity index (χ1n) is 14.3. The first kappa shape index (κ1) is 34.4. The van der Waals surface area contributed by atoms with E-state index in [9.17, 15) is 32.4 Å². The van der Waals surface area contributed by atoms with Crippen LogP contribution in [0.3, 0.4) is 0 Å². The Labute approximate surface area is 252 Å². The van der Waals surface area contributed by atoms with Gasteiger partial charge in [-0.2, -0.15) is 4.72 Å². The minimum absolute atomic E-state index is 0.0322. The summed E-state index contributed by atoms with van der Waals surface area (Å²) in [5, 5.41) is 14.0. The molecule has 238 valence electrons. The first-order valence-corrected chi connectivity index (χ1v) is 17.3. The van der Waals surface area contributed by atoms with Crippen LogP contribution in [0.1, 0.15) is 39.0 Å². The molecule has 2 amide bonds. The Morgan fingerprint density at radius 3 is 2.58 bits per heavy atom. The number of carbonyl (C=O) groups is 2. The highest BCUT2D eigenvalue weighted by Crippen LogP contribution is 2.27. The number of amides is 2. The van der Waals surface area contributed by atoms with Crippen molar-refractivity contribution in [1.29, 1.82) is 5.41 Å². The number of nitrogens with zero attached hydrogens (tertiary/aromatic N) is 2. The molecule has 1 aliphatic heterocycles. The van der Waals surface area contributed by atoms with Crippen molar-refractivity contribution in [3.05, 3.63) is 42.5 Å². The summed E-state index contributed by atoms with van der Waals surface area (Å²) in [4.78, 5) is 48.1. The number of rotatable bonds is 15. The van der Waals surface area contributed by atoms with Gasteiger partial charge in [0.25, 0.3) is 0 Å². The van der Waals surface area contributed by atoms with Crippen molar-refractivity contribution in [3.8, 4) is 0 Å². The minimum atomic E-state index is -4.54. The van der Waals surface area contributed by atoms with Gasteiger partial charge in [0.05, 0.1) is 11.3 Å². The van der Waals surface area contributed by atoms with Crippen LogP contribution in [0.15, 0.2) is 47.4 Å². The zero-order chi connectivity index (χ0) is 31.6. The van der Waals surface area contributed by atoms with E-state index >= 15 is 0 Å². The summed E-state index contributed by atoms with van der Waals surface area (Å²) >= 11 is 0. The van der Waals surface area contributed by atoms with E-state index in [1.54, 1.807) is 23.1 Å². The van der Waals surface area contributed by atoms with Crippen molar-refractivity contribution in [2.24, 2.45) is 11.7 Å². The number of hydrogen-bond donors (Lipinski definition) is 7. The molecule has 0 spiro atoms. The largest absolute Gasteiger partial charge is 0.400 e. The lowest BCUT2D eigenvalue weighted by Gasteiger charge is -2.33. The van der Waals surface area contributed by atoms with Gasteiger partial charge in [-0.15, -0.1) is 0 Å². The molecule has 2 aromatic carbocycles. The quantitative estimate of drug-likeness (QED) is 0.0830. The second kappa shape index (κ2) is 15.6. The van der Waals surface area contributed by atoms with Crippen molar-refractivity contribution >= 4 is 46.3 Å². The molecule has 14 nitrogen and oxygen atoms in total. The molecule has 2 aromatic rings. The molecule has 1 fully saturated rings. The Bertz CT molecular complexity index is 1440. The Kier molecular flexibility index (Phi) is 12.5. The standard InChI is InChI=1S/C27H42N7O7PS/c1-2-3-13-33(15-12-31-42(37,38)39)26(36)24(17-25(35)30-18-20-7-6-14-34(19-20)27(28)29)32-43(40,41)23-11-10-21-8-4-5-9-22(21)16-23/h4-5,8-11,16,20,24,32H,2-3,6-7,12-15,17-19H2,1H3,(H3,28,29)(H,30,35)(H3,31,37,38,39)/t20-,24-/m0/s1. The number of unbranched alkanes of at least 4 members (excludes halogenated alkanes) is 1. The Morgan fingerprint density at radius 2 is 1.91 bits per heavy atom. The molecule has 0 radical (unpaired) electrons. The van der Waals surface area contributed by atoms with Crippen LogP contribution < -0.4 is 20.9 Å². The van der Waals surface area contributed by atoms with Crippen LogP contribution in [0.5, 0.6) is 0 Å². The van der Waals surface area contributed by atoms with Crippen LogP contribution in [0.2, 0.25) is 0 Å². The number of hydrogen-bond acceptors (Lipinski definition) is 6. The zero-order valence-corrected chi connectivity index (χ0v) is 25.9. The SMILES string of the molecule is CCCCN(CCNP(=O)(O)O)C(=O)[C@H](CC(=O)NC[C@@H]1CCCN(C(=N)N)C1)NS(=O)(=O)c1ccc2ccccc2c1. The molecular weight excluding hydrogens is 597 g/mol. The van der Waals surface area contributed by atoms with Crippen LogP contribution in [0, 0.1) is 11.3 Å². The fourth-order valence-corrected chi connectivity index (χ4v) is 6.58. The summed E-state index contributed by atoms with van der Waals surface area (Å²) < 4.78 is 40.7. The van der Waals surface area contributed by atoms with Crippen molar-refractivity contribution in [2.45, 2.75) is 50.0 Å². The summed E-state index contributed by atoms with van der Waals surface area (Å²) in [7, 11) is -8.79. The Balaban J connectivity index is 1.80. The molecule has 1 heterocycles. The molecule has 3 rings (SSSR count). The van der Waals surface area contributed by atoms with Crippen molar-refractivity contribution < 1.29 is 32.4 Å². The van der Waals surface area contributed by atoms with Gasteiger partial charge < -0.3 is 30.6 Å². The number of guanidine groups is 1. The highest BCUT2D eigenvalue weighted by atomic mass is 32.2. The molecule has 1 saturated heterocycles. The number of benzene rings is 2. The van der Waals surface area contributed by atoms with Gasteiger partial charge in [-0.3, -0.25) is 15.0 Å². The van der Waals surface area contributed by atoms with Crippen LogP contribution in [0.4, 0.5) is 0 Å². The maximum absolute atomic E-state index is 13.7. The maximum atomic E-state index is 13.7. The molecule has 0 aromatic heterocycles. The Morgan fingerprint density at radius 1 is 1.19 bits per heavy atom. The van der Waals surface area contributed by atoms with Gasteiger partial charge in [0.15, 0.2) is 5.96 Å². The average molecular weight is 640 g/mol. The summed E-state index contributed by atoms with van der Waals surface area (Å²) in [6.45, 7) is 3.21. The lowest BCUT2D eigenvalue weighted by atomic mass is 9.98. The molecule has 0 aliphatic carbocycles. The van der Waals surface area contributed by atoms with Crippen molar-refractivity contribution in [3.63, 3.8) is 0 Å². The summed E-state index contributed by atoms with van der Waals surface area (Å²) in [5.74, 6) is -1.22. The number of fused-ring (bicyclic) bond motifs is 1. The predicted octanol–water partition coefficient (Wildman–Crippen LogP) is 0.909. The molecule has 0 saturated carbocycles. The van der Waals surface area contributed by atoms with Crippen molar-refractivity contribution in [1.82, 2.24) is 24.9 Å². The fraction of sp³-hybridized carbons (Fsp3) is 0.519. The Hall–Kier alpha value is -3.07. The van der Waals surface area contributed by atoms with E-state index in [4.69, 9.17) is 11.1 Å². The van der Waals surface area contributed by atoms with Crippen LogP contribution in [0.25, 0.3) is 10.8 Å². The van der Waals surface area contributed by atoms with Gasteiger partial charge >= 0.3 is 7.75 Å². The highest BCUT2D eigenvalue weighted by Gasteiger charge is 2.32. The van der Waals surface area contributed by atoms with E-state index < -0.39 is 42.0 Å². The van der Waals surface area contributed by atoms with Crippen LogP contribution >= 0.6 is 7.75 Å². The second-order valence-corrected chi connectivity index (χ2v) is 13.8. The summed E-state index contributed by atoms with van der Waals surface area (Å²) in [6, 6.07) is 10.3. The monoisotopic (exact) mass is 639 g/mol. The topological polar surface area (TPSA) is 218 Å². The van der Waals surface area contributed by atoms with E-state index in [2.05, 4.69) is 10.0 Å². The minimum Gasteiger partial charge on any atom is -0.370 e. The smallest absolute Gasteiger partial charge is 0.370 e. The second-order valence-electron chi connectivity index (χ2n) is 10.7. The molecule has 0 bridgehead atoms. The van der Waals surface area contributed by atoms with E-state index in [1.165, 1.54) is 17.0 Å². The number of piperidine rings is 1. The molecule has 1 aliphatic rings. The molecule has 8 N–H and O–H groups in total. The predicted molar refractivity (Wildman–Crippen MR) is 163 cm³/mol. The summed E-state index contributed by atoms with van der Waals surface area (Å²) in [6.07, 6.45) is 2.41. The van der Waals surface area contributed by atoms with Gasteiger partial charge in [-0.25, -0.2) is 18.1 Å². The molecular formula is C27H42N7O7PS. The molecule has 16 heteroatoms. The van der Waals surface area contributed by atoms with E-state index in [1.807, 2.05) is 24.1 Å². The van der Waals surface area contributed by atoms with Gasteiger partial charge in [0, 0.05) is 39.3 Å². The third-order valence-electron chi connectivity index (χ3n) is 7.26. The number of carbonyl (C=O) groups excluding carboxylic acids is 2. The lowest BCUT2D eigenvalue weighted by Crippen LogP contribution is -2.52. The van der Waals surface area contributed by atoms with Gasteiger partial charge in [-0.05, 0) is 48.1 Å². The first-order chi connectivity index (χ1) is 20.3. The normalized spacial score (nSPS) is 16.5. The highest BCUT2D eigenvalue weighted by molar-refractivity contribution is 7.89. The average Bonchev–Trinajstić information content (AvgIpc) is 2.96. The fourth-order valence-electron chi connectivity index (χ4n) is 4.97. The maximum Gasteiger partial charge on any atom is 0.400 e. The van der Waals surface area contributed by atoms with E-state index in [0.29, 0.717) is 31.3 Å². The molecule has 2 atom stereocenters. The summed E-state index contributed by atoms with van der Waals surface area (Å²) in [5.41, 5.74) is 5.61. The molecule has 0 unspecified atom stereocenters. The van der Waals surface area contributed by atoms with Gasteiger partial charge in [-0.1, -0.05) is 43.7 Å². The number of likely N-dealkylation sites (tertiary alicyclic amines) is 1. The number of nitrogens with two attached hydrogens (primary N) is 1. The number of nitrogens with one attached hydrogen (secondary N) is 4. The van der Waals surface area contributed by atoms with Gasteiger partial charge in [0.1, 0.15) is 6.04 Å². The third kappa shape index (κ3) is 10.9. The lowest BCUT2D eigenvalue weighted by molar-refractivity contribution is -0.135. The van der Waals surface area contributed by atoms with Crippen molar-refractivity contribution in [2.75, 3.05) is 39.3 Å².